The number of hydrogen-bond acceptors (Lipinski definition) is 8. The first-order chi connectivity index (χ1) is 27.3. The molecule has 1 heterocycles. The van der Waals surface area contributed by atoms with E-state index in [1.807, 2.05) is 6.08 Å². The summed E-state index contributed by atoms with van der Waals surface area (Å²) in [6.45, 7) is 3.63. The fraction of sp³-hybridized carbons (Fsp3) is 0.809. The monoisotopic (exact) mass is 792 g/mol. The van der Waals surface area contributed by atoms with Crippen LogP contribution in [0.2, 0.25) is 0 Å². The largest absolute Gasteiger partial charge is 0.394 e. The van der Waals surface area contributed by atoms with Gasteiger partial charge >= 0.3 is 0 Å². The van der Waals surface area contributed by atoms with Crippen LogP contribution in [-0.4, -0.2) is 87.5 Å². The van der Waals surface area contributed by atoms with Crippen molar-refractivity contribution in [2.45, 2.75) is 230 Å². The lowest BCUT2D eigenvalue weighted by Crippen LogP contribution is -2.60. The molecule has 0 bridgehead atoms. The van der Waals surface area contributed by atoms with Gasteiger partial charge in [-0.3, -0.25) is 4.79 Å². The highest BCUT2D eigenvalue weighted by atomic mass is 16.7. The molecule has 0 radical (unpaired) electrons. The average Bonchev–Trinajstić information content (AvgIpc) is 3.20. The van der Waals surface area contributed by atoms with E-state index in [2.05, 4.69) is 55.6 Å². The lowest BCUT2D eigenvalue weighted by Gasteiger charge is -2.40. The number of hydrogen-bond donors (Lipinski definition) is 6. The summed E-state index contributed by atoms with van der Waals surface area (Å²) in [6, 6.07) is -0.820. The van der Waals surface area contributed by atoms with E-state index in [0.717, 1.165) is 64.2 Å². The van der Waals surface area contributed by atoms with Gasteiger partial charge in [0.25, 0.3) is 0 Å². The minimum absolute atomic E-state index is 0.201. The van der Waals surface area contributed by atoms with Gasteiger partial charge in [-0.2, -0.15) is 0 Å². The number of ether oxygens (including phenoxy) is 2. The average molecular weight is 792 g/mol. The second-order valence-electron chi connectivity index (χ2n) is 15.8. The molecule has 1 aliphatic rings. The van der Waals surface area contributed by atoms with Crippen molar-refractivity contribution in [3.05, 3.63) is 48.6 Å². The molecule has 7 atom stereocenters. The van der Waals surface area contributed by atoms with Gasteiger partial charge in [-0.25, -0.2) is 0 Å². The van der Waals surface area contributed by atoms with E-state index >= 15 is 0 Å². The lowest BCUT2D eigenvalue weighted by molar-refractivity contribution is -0.302. The zero-order valence-corrected chi connectivity index (χ0v) is 35.6. The van der Waals surface area contributed by atoms with Crippen molar-refractivity contribution in [2.75, 3.05) is 13.2 Å². The van der Waals surface area contributed by atoms with Gasteiger partial charge in [0, 0.05) is 6.42 Å². The molecule has 6 N–H and O–H groups in total. The molecule has 9 heteroatoms. The van der Waals surface area contributed by atoms with Gasteiger partial charge in [0.2, 0.25) is 5.91 Å². The van der Waals surface area contributed by atoms with E-state index in [1.165, 1.54) is 103 Å². The van der Waals surface area contributed by atoms with Crippen molar-refractivity contribution < 1.29 is 39.8 Å². The van der Waals surface area contributed by atoms with Crippen molar-refractivity contribution in [1.82, 2.24) is 5.32 Å². The maximum atomic E-state index is 12.9. The zero-order valence-electron chi connectivity index (χ0n) is 35.6. The van der Waals surface area contributed by atoms with Gasteiger partial charge in [0.15, 0.2) is 6.29 Å². The Balaban J connectivity index is 2.36. The summed E-state index contributed by atoms with van der Waals surface area (Å²) in [6.07, 6.45) is 40.2. The van der Waals surface area contributed by atoms with Gasteiger partial charge in [0.1, 0.15) is 24.4 Å². The van der Waals surface area contributed by atoms with Crippen LogP contribution < -0.4 is 5.32 Å². The first kappa shape index (κ1) is 52.2. The molecule has 1 amide bonds. The summed E-state index contributed by atoms with van der Waals surface area (Å²) in [5.74, 6) is -0.207. The highest BCUT2D eigenvalue weighted by molar-refractivity contribution is 5.76. The molecule has 0 aliphatic carbocycles. The molecule has 1 aliphatic heterocycles. The second-order valence-corrected chi connectivity index (χ2v) is 15.8. The van der Waals surface area contributed by atoms with Crippen molar-refractivity contribution in [3.8, 4) is 0 Å². The van der Waals surface area contributed by atoms with Crippen LogP contribution in [-0.2, 0) is 14.3 Å². The molecule has 0 aromatic heterocycles. The van der Waals surface area contributed by atoms with Crippen LogP contribution in [0.3, 0.4) is 0 Å². The number of rotatable bonds is 37. The number of carbonyl (C=O) groups is 1. The molecule has 0 aromatic carbocycles. The molecule has 1 saturated heterocycles. The minimum Gasteiger partial charge on any atom is -0.394 e. The third-order valence-corrected chi connectivity index (χ3v) is 10.7. The first-order valence-electron chi connectivity index (χ1n) is 22.9. The highest BCUT2D eigenvalue weighted by Gasteiger charge is 2.44. The minimum atomic E-state index is -1.57. The maximum Gasteiger partial charge on any atom is 0.220 e. The third kappa shape index (κ3) is 27.7. The first-order valence-corrected chi connectivity index (χ1v) is 22.9. The van der Waals surface area contributed by atoms with Crippen LogP contribution in [0, 0.1) is 0 Å². The topological polar surface area (TPSA) is 149 Å². The summed E-state index contributed by atoms with van der Waals surface area (Å²) in [7, 11) is 0. The molecule has 56 heavy (non-hydrogen) atoms. The SMILES string of the molecule is CC/C=C\C/C=C\C/C=C\CCCCCC(=O)NC(COC1OC(CO)C(O)C(O)C1O)C(O)/C=C/CCCCCCCCCCCCCCCCCCCC. The standard InChI is InChI=1S/C47H85NO8/c1-3-5-7-9-11-13-15-17-18-19-20-21-22-23-25-26-28-30-32-34-36-41(50)40(39-55-47-46(54)45(53)44(52)42(38-49)56-47)48-43(51)37-35-33-31-29-27-24-16-14-12-10-8-6-4-2/h6,8,12,14,24,27,34,36,40-42,44-47,49-50,52-54H,3-5,7,9-11,13,15-23,25-26,28-33,35,37-39H2,1-2H3,(H,48,51)/b8-6-,14-12-,27-24-,36-34+. The molecular formula is C47H85NO8. The highest BCUT2D eigenvalue weighted by Crippen LogP contribution is 2.22. The molecule has 0 aromatic rings. The zero-order chi connectivity index (χ0) is 40.9. The van der Waals surface area contributed by atoms with E-state index in [1.54, 1.807) is 6.08 Å². The van der Waals surface area contributed by atoms with E-state index in [4.69, 9.17) is 9.47 Å². The van der Waals surface area contributed by atoms with Gasteiger partial charge in [-0.15, -0.1) is 0 Å². The van der Waals surface area contributed by atoms with E-state index in [9.17, 15) is 30.3 Å². The summed E-state index contributed by atoms with van der Waals surface area (Å²) in [4.78, 5) is 12.9. The van der Waals surface area contributed by atoms with Crippen LogP contribution in [0.25, 0.3) is 0 Å². The van der Waals surface area contributed by atoms with Crippen LogP contribution in [0.1, 0.15) is 187 Å². The quantitative estimate of drug-likeness (QED) is 0.0269. The number of allylic oxidation sites excluding steroid dienone is 7. The second kappa shape index (κ2) is 37.4. The molecule has 9 nitrogen and oxygen atoms in total. The van der Waals surface area contributed by atoms with Crippen molar-refractivity contribution in [3.63, 3.8) is 0 Å². The van der Waals surface area contributed by atoms with Crippen LogP contribution in [0.5, 0.6) is 0 Å². The normalized spacial score (nSPS) is 21.6. The van der Waals surface area contributed by atoms with Crippen molar-refractivity contribution in [1.29, 1.82) is 0 Å². The fourth-order valence-corrected chi connectivity index (χ4v) is 6.99. The van der Waals surface area contributed by atoms with Gasteiger partial charge in [0.05, 0.1) is 25.4 Å². The van der Waals surface area contributed by atoms with E-state index in [-0.39, 0.29) is 12.5 Å². The summed E-state index contributed by atoms with van der Waals surface area (Å²) in [5, 5.41) is 54.1. The van der Waals surface area contributed by atoms with E-state index in [0.29, 0.717) is 6.42 Å². The van der Waals surface area contributed by atoms with Crippen LogP contribution in [0.15, 0.2) is 48.6 Å². The Labute approximate surface area is 342 Å². The van der Waals surface area contributed by atoms with Crippen molar-refractivity contribution in [2.24, 2.45) is 0 Å². The predicted molar refractivity (Wildman–Crippen MR) is 230 cm³/mol. The molecular weight excluding hydrogens is 707 g/mol. The third-order valence-electron chi connectivity index (χ3n) is 10.7. The Morgan fingerprint density at radius 2 is 1.11 bits per heavy atom. The predicted octanol–water partition coefficient (Wildman–Crippen LogP) is 9.45. The van der Waals surface area contributed by atoms with Crippen LogP contribution >= 0.6 is 0 Å². The number of aliphatic hydroxyl groups excluding tert-OH is 5. The summed E-state index contributed by atoms with van der Waals surface area (Å²) >= 11 is 0. The Kier molecular flexibility index (Phi) is 34.9. The number of unbranched alkanes of at least 4 members (excludes halogenated alkanes) is 21. The fourth-order valence-electron chi connectivity index (χ4n) is 6.99. The van der Waals surface area contributed by atoms with Crippen LogP contribution in [0.4, 0.5) is 0 Å². The molecule has 1 rings (SSSR count). The summed E-state index contributed by atoms with van der Waals surface area (Å²) < 4.78 is 11.2. The number of nitrogens with one attached hydrogen (secondary N) is 1. The Hall–Kier alpha value is -1.85. The summed E-state index contributed by atoms with van der Waals surface area (Å²) in [5.41, 5.74) is 0. The van der Waals surface area contributed by atoms with Gasteiger partial charge < -0.3 is 40.3 Å². The smallest absolute Gasteiger partial charge is 0.220 e. The van der Waals surface area contributed by atoms with E-state index < -0.39 is 49.5 Å². The van der Waals surface area contributed by atoms with Gasteiger partial charge in [-0.05, 0) is 51.4 Å². The Morgan fingerprint density at radius 3 is 1.64 bits per heavy atom. The maximum absolute atomic E-state index is 12.9. The molecule has 1 fully saturated rings. The molecule has 7 unspecified atom stereocenters. The lowest BCUT2D eigenvalue weighted by atomic mass is 9.99. The van der Waals surface area contributed by atoms with Crippen molar-refractivity contribution >= 4 is 5.91 Å². The molecule has 0 spiro atoms. The number of carbonyl (C=O) groups excluding carboxylic acids is 1. The van der Waals surface area contributed by atoms with Gasteiger partial charge in [-0.1, -0.05) is 178 Å². The molecule has 326 valence electrons. The Bertz CT molecular complexity index is 1010. The number of amides is 1. The molecule has 0 saturated carbocycles. The Morgan fingerprint density at radius 1 is 0.625 bits per heavy atom. The number of aliphatic hydroxyl groups is 5.